The second-order valence-electron chi connectivity index (χ2n) is 5.54. The van der Waals surface area contributed by atoms with Gasteiger partial charge in [-0.3, -0.25) is 19.1 Å². The minimum atomic E-state index is -2.01. The normalized spacial score (nSPS) is 29.6. The highest BCUT2D eigenvalue weighted by Gasteiger charge is 2.57. The fraction of sp³-hybridized carbons (Fsp3) is 0.643. The number of esters is 1. The zero-order valence-electron chi connectivity index (χ0n) is 13.3. The first-order chi connectivity index (χ1) is 11.3. The lowest BCUT2D eigenvalue weighted by Crippen LogP contribution is -2.53. The molecule has 10 heteroatoms. The monoisotopic (exact) mass is 344 g/mol. The Kier molecular flexibility index (Phi) is 5.23. The molecule has 0 aliphatic carbocycles. The second kappa shape index (κ2) is 6.85. The van der Waals surface area contributed by atoms with Crippen molar-refractivity contribution < 1.29 is 29.6 Å². The van der Waals surface area contributed by atoms with E-state index in [0.29, 0.717) is 0 Å². The van der Waals surface area contributed by atoms with E-state index >= 15 is 0 Å². The summed E-state index contributed by atoms with van der Waals surface area (Å²) in [6, 6.07) is 0. The fourth-order valence-corrected chi connectivity index (χ4v) is 2.71. The molecule has 1 aromatic rings. The summed E-state index contributed by atoms with van der Waals surface area (Å²) in [5.41, 5.74) is -3.44. The summed E-state index contributed by atoms with van der Waals surface area (Å²) < 4.78 is 11.2. The van der Waals surface area contributed by atoms with Crippen molar-refractivity contribution in [3.63, 3.8) is 0 Å². The molecule has 10 nitrogen and oxygen atoms in total. The number of aliphatic hydroxyl groups excluding tert-OH is 3. The minimum Gasteiger partial charge on any atom is -0.466 e. The number of nitrogens with zero attached hydrogens (tertiary/aromatic N) is 1. The molecule has 4 N–H and O–H groups in total. The number of aryl methyl sites for hydroxylation is 1. The predicted octanol–water partition coefficient (Wildman–Crippen LogP) is -2.44. The van der Waals surface area contributed by atoms with Crippen molar-refractivity contribution in [3.05, 3.63) is 32.6 Å². The Bertz CT molecular complexity index is 726. The van der Waals surface area contributed by atoms with Gasteiger partial charge < -0.3 is 24.8 Å². The Balaban J connectivity index is 2.60. The van der Waals surface area contributed by atoms with Crippen LogP contribution < -0.4 is 11.2 Å². The molecule has 2 rings (SSSR count). The van der Waals surface area contributed by atoms with Gasteiger partial charge in [0.15, 0.2) is 5.72 Å². The van der Waals surface area contributed by atoms with E-state index in [2.05, 4.69) is 0 Å². The lowest BCUT2D eigenvalue weighted by Gasteiger charge is -2.33. The first-order valence-corrected chi connectivity index (χ1v) is 7.40. The third kappa shape index (κ3) is 3.00. The summed E-state index contributed by atoms with van der Waals surface area (Å²) in [5, 5.41) is 29.7. The largest absolute Gasteiger partial charge is 0.466 e. The number of hydrogen-bond donors (Lipinski definition) is 4. The van der Waals surface area contributed by atoms with E-state index in [0.717, 1.165) is 10.8 Å². The Morgan fingerprint density at radius 1 is 1.46 bits per heavy atom. The first kappa shape index (κ1) is 18.3. The predicted molar refractivity (Wildman–Crippen MR) is 79.3 cm³/mol. The number of aliphatic hydroxyl groups is 3. The first-order valence-electron chi connectivity index (χ1n) is 7.40. The van der Waals surface area contributed by atoms with Crippen LogP contribution in [0.1, 0.15) is 18.9 Å². The highest BCUT2D eigenvalue weighted by molar-refractivity contribution is 5.70. The smallest absolute Gasteiger partial charge is 0.330 e. The Hall–Kier alpha value is -2.01. The number of ether oxygens (including phenoxy) is 2. The van der Waals surface area contributed by atoms with Gasteiger partial charge in [0.25, 0.3) is 5.56 Å². The van der Waals surface area contributed by atoms with Crippen LogP contribution >= 0.6 is 0 Å². The molecular formula is C14H20N2O8. The molecule has 1 aliphatic rings. The molecule has 0 amide bonds. The molecule has 0 unspecified atom stereocenters. The molecule has 2 heterocycles. The SMILES string of the molecule is CCOC(=O)C[C@@]1(n2cc(C)c(=O)[nH]c2=O)O[C@H](CO)[C@@H](O)[C@H]1O. The summed E-state index contributed by atoms with van der Waals surface area (Å²) in [4.78, 5) is 37.7. The third-order valence-corrected chi connectivity index (χ3v) is 3.93. The number of H-pyrrole nitrogens is 1. The van der Waals surface area contributed by atoms with Crippen molar-refractivity contribution in [2.45, 2.75) is 44.3 Å². The molecule has 0 saturated carbocycles. The number of rotatable bonds is 5. The topological polar surface area (TPSA) is 151 Å². The van der Waals surface area contributed by atoms with E-state index in [1.165, 1.54) is 6.92 Å². The van der Waals surface area contributed by atoms with Crippen molar-refractivity contribution in [1.29, 1.82) is 0 Å². The van der Waals surface area contributed by atoms with Crippen LogP contribution in [-0.4, -0.2) is 62.4 Å². The highest BCUT2D eigenvalue weighted by Crippen LogP contribution is 2.37. The van der Waals surface area contributed by atoms with Gasteiger partial charge in [0.1, 0.15) is 18.3 Å². The third-order valence-electron chi connectivity index (χ3n) is 3.93. The van der Waals surface area contributed by atoms with Gasteiger partial charge in [-0.05, 0) is 13.8 Å². The zero-order valence-corrected chi connectivity index (χ0v) is 13.3. The quantitative estimate of drug-likeness (QED) is 0.430. The maximum atomic E-state index is 12.2. The number of nitrogens with one attached hydrogen (secondary N) is 1. The zero-order chi connectivity index (χ0) is 18.1. The van der Waals surface area contributed by atoms with Crippen LogP contribution in [0.5, 0.6) is 0 Å². The number of carbonyl (C=O) groups is 1. The fourth-order valence-electron chi connectivity index (χ4n) is 2.71. The lowest BCUT2D eigenvalue weighted by atomic mass is 9.99. The molecule has 0 aromatic carbocycles. The van der Waals surface area contributed by atoms with Gasteiger partial charge in [0, 0.05) is 11.8 Å². The van der Waals surface area contributed by atoms with E-state index in [1.807, 2.05) is 4.98 Å². The number of hydrogen-bond acceptors (Lipinski definition) is 8. The van der Waals surface area contributed by atoms with Crippen LogP contribution in [0.2, 0.25) is 0 Å². The van der Waals surface area contributed by atoms with Crippen molar-refractivity contribution in [3.8, 4) is 0 Å². The van der Waals surface area contributed by atoms with Crippen LogP contribution in [0.4, 0.5) is 0 Å². The van der Waals surface area contributed by atoms with Gasteiger partial charge in [0.2, 0.25) is 0 Å². The number of aromatic amines is 1. The van der Waals surface area contributed by atoms with Crippen LogP contribution in [0.15, 0.2) is 15.8 Å². The van der Waals surface area contributed by atoms with Crippen LogP contribution in [0, 0.1) is 6.92 Å². The molecule has 1 aliphatic heterocycles. The van der Waals surface area contributed by atoms with Crippen LogP contribution in [0.3, 0.4) is 0 Å². The average molecular weight is 344 g/mol. The van der Waals surface area contributed by atoms with Crippen LogP contribution in [-0.2, 0) is 20.0 Å². The van der Waals surface area contributed by atoms with E-state index < -0.39 is 54.3 Å². The van der Waals surface area contributed by atoms with E-state index in [4.69, 9.17) is 9.47 Å². The molecular weight excluding hydrogens is 324 g/mol. The molecule has 0 spiro atoms. The van der Waals surface area contributed by atoms with Gasteiger partial charge in [-0.15, -0.1) is 0 Å². The van der Waals surface area contributed by atoms with Crippen LogP contribution in [0.25, 0.3) is 0 Å². The maximum Gasteiger partial charge on any atom is 0.330 e. The summed E-state index contributed by atoms with van der Waals surface area (Å²) in [6.07, 6.45) is -3.93. The van der Waals surface area contributed by atoms with Crippen molar-refractivity contribution in [1.82, 2.24) is 9.55 Å². The molecule has 134 valence electrons. The minimum absolute atomic E-state index is 0.0660. The van der Waals surface area contributed by atoms with Crippen molar-refractivity contribution in [2.75, 3.05) is 13.2 Å². The molecule has 1 aromatic heterocycles. The molecule has 24 heavy (non-hydrogen) atoms. The van der Waals surface area contributed by atoms with E-state index in [-0.39, 0.29) is 12.2 Å². The van der Waals surface area contributed by atoms with E-state index in [1.54, 1.807) is 6.92 Å². The van der Waals surface area contributed by atoms with Gasteiger partial charge in [0.05, 0.1) is 19.6 Å². The lowest BCUT2D eigenvalue weighted by molar-refractivity contribution is -0.177. The molecule has 4 atom stereocenters. The average Bonchev–Trinajstić information content (AvgIpc) is 2.76. The van der Waals surface area contributed by atoms with Crippen molar-refractivity contribution in [2.24, 2.45) is 0 Å². The van der Waals surface area contributed by atoms with Gasteiger partial charge in [-0.1, -0.05) is 0 Å². The number of aromatic nitrogens is 2. The Morgan fingerprint density at radius 2 is 2.12 bits per heavy atom. The van der Waals surface area contributed by atoms with Gasteiger partial charge in [-0.2, -0.15) is 0 Å². The van der Waals surface area contributed by atoms with Crippen molar-refractivity contribution >= 4 is 5.97 Å². The Labute approximate surface area is 136 Å². The maximum absolute atomic E-state index is 12.2. The second-order valence-corrected chi connectivity index (χ2v) is 5.54. The molecule has 1 saturated heterocycles. The summed E-state index contributed by atoms with van der Waals surface area (Å²) in [5.74, 6) is -0.780. The highest BCUT2D eigenvalue weighted by atomic mass is 16.6. The summed E-state index contributed by atoms with van der Waals surface area (Å²) in [7, 11) is 0. The molecule has 1 fully saturated rings. The number of carbonyl (C=O) groups excluding carboxylic acids is 1. The summed E-state index contributed by atoms with van der Waals surface area (Å²) in [6.45, 7) is 2.43. The Morgan fingerprint density at radius 3 is 2.67 bits per heavy atom. The van der Waals surface area contributed by atoms with Gasteiger partial charge in [-0.25, -0.2) is 4.79 Å². The van der Waals surface area contributed by atoms with E-state index in [9.17, 15) is 29.7 Å². The standard InChI is InChI=1S/C14H20N2O8/c1-3-23-9(18)4-14(11(20)10(19)8(6-17)24-14)16-5-7(2)12(21)15-13(16)22/h5,8,10-11,17,19-20H,3-4,6H2,1-2H3,(H,15,21,22)/t8-,10-,11-,14-/m1/s1. The summed E-state index contributed by atoms with van der Waals surface area (Å²) >= 11 is 0. The van der Waals surface area contributed by atoms with Gasteiger partial charge >= 0.3 is 11.7 Å². The molecule has 0 bridgehead atoms. The molecule has 0 radical (unpaired) electrons.